The third-order valence-corrected chi connectivity index (χ3v) is 4.61. The van der Waals surface area contributed by atoms with Crippen LogP contribution < -0.4 is 0 Å². The van der Waals surface area contributed by atoms with E-state index < -0.39 is 0 Å². The zero-order chi connectivity index (χ0) is 14.2. The molecule has 0 saturated heterocycles. The molecule has 0 aliphatic heterocycles. The lowest BCUT2D eigenvalue weighted by molar-refractivity contribution is 0.940. The number of fused-ring (bicyclic) bond motifs is 3. The lowest BCUT2D eigenvalue weighted by Crippen LogP contribution is -1.89. The van der Waals surface area contributed by atoms with Gasteiger partial charge >= 0.3 is 0 Å². The van der Waals surface area contributed by atoms with Crippen molar-refractivity contribution in [2.45, 2.75) is 17.8 Å². The summed E-state index contributed by atoms with van der Waals surface area (Å²) in [6.07, 6.45) is 0. The first-order chi connectivity index (χ1) is 10.3. The number of aromatic amines is 1. The van der Waals surface area contributed by atoms with Gasteiger partial charge in [0.2, 0.25) is 5.78 Å². The van der Waals surface area contributed by atoms with Crippen LogP contribution in [0.1, 0.15) is 11.1 Å². The molecule has 1 N–H and O–H groups in total. The number of para-hydroxylation sites is 2. The predicted molar refractivity (Wildman–Crippen MR) is 85.6 cm³/mol. The molecule has 2 aromatic carbocycles. The van der Waals surface area contributed by atoms with Gasteiger partial charge in [-0.2, -0.15) is 0 Å². The fourth-order valence-corrected chi connectivity index (χ4v) is 3.49. The third-order valence-electron chi connectivity index (χ3n) is 3.62. The number of nitrogens with one attached hydrogen (secondary N) is 1. The van der Waals surface area contributed by atoms with Crippen molar-refractivity contribution < 1.29 is 0 Å². The van der Waals surface area contributed by atoms with E-state index >= 15 is 0 Å². The number of nitrogens with zero attached hydrogens (tertiary/aromatic N) is 3. The smallest absolute Gasteiger partial charge is 0.231 e. The quantitative estimate of drug-likeness (QED) is 0.584. The van der Waals surface area contributed by atoms with E-state index in [1.165, 1.54) is 11.1 Å². The van der Waals surface area contributed by atoms with Crippen molar-refractivity contribution in [3.8, 4) is 0 Å². The lowest BCUT2D eigenvalue weighted by atomic mass is 10.1. The third kappa shape index (κ3) is 2.10. The van der Waals surface area contributed by atoms with E-state index in [-0.39, 0.29) is 0 Å². The normalized spacial score (nSPS) is 11.5. The minimum absolute atomic E-state index is 0.795. The highest BCUT2D eigenvalue weighted by Gasteiger charge is 2.12. The molecular formula is C16H14N4S. The second-order valence-electron chi connectivity index (χ2n) is 4.98. The summed E-state index contributed by atoms with van der Waals surface area (Å²) < 4.78 is 2.08. The van der Waals surface area contributed by atoms with Crippen LogP contribution in [0.15, 0.2) is 53.7 Å². The molecule has 0 saturated carbocycles. The molecule has 2 heterocycles. The molecule has 0 atom stereocenters. The van der Waals surface area contributed by atoms with Crippen LogP contribution in [0.3, 0.4) is 0 Å². The van der Waals surface area contributed by atoms with Gasteiger partial charge in [0, 0.05) is 5.75 Å². The fraction of sp³-hybridized carbons (Fsp3) is 0.125. The number of imidazole rings is 1. The summed E-state index contributed by atoms with van der Waals surface area (Å²) in [6, 6.07) is 16.6. The Bertz CT molecular complexity index is 922. The molecule has 5 heteroatoms. The Morgan fingerprint density at radius 3 is 2.81 bits per heavy atom. The van der Waals surface area contributed by atoms with Gasteiger partial charge in [-0.25, -0.2) is 10.1 Å². The van der Waals surface area contributed by atoms with Crippen molar-refractivity contribution in [2.75, 3.05) is 0 Å². The van der Waals surface area contributed by atoms with E-state index in [1.807, 2.05) is 18.2 Å². The summed E-state index contributed by atoms with van der Waals surface area (Å²) in [7, 11) is 0. The van der Waals surface area contributed by atoms with Crippen molar-refractivity contribution in [3.63, 3.8) is 0 Å². The Kier molecular flexibility index (Phi) is 2.93. The van der Waals surface area contributed by atoms with Gasteiger partial charge in [-0.3, -0.25) is 4.40 Å². The maximum atomic E-state index is 4.54. The van der Waals surface area contributed by atoms with Crippen molar-refractivity contribution in [1.82, 2.24) is 19.6 Å². The Balaban J connectivity index is 1.72. The van der Waals surface area contributed by atoms with E-state index in [0.29, 0.717) is 0 Å². The number of H-pyrrole nitrogens is 1. The number of aryl methyl sites for hydroxylation is 1. The number of thioether (sulfide) groups is 1. The van der Waals surface area contributed by atoms with Crippen molar-refractivity contribution >= 4 is 28.6 Å². The van der Waals surface area contributed by atoms with Crippen LogP contribution in [0.4, 0.5) is 0 Å². The Hall–Kier alpha value is -2.27. The molecule has 21 heavy (non-hydrogen) atoms. The summed E-state index contributed by atoms with van der Waals surface area (Å²) in [5.41, 5.74) is 4.73. The molecule has 104 valence electrons. The van der Waals surface area contributed by atoms with Crippen LogP contribution in [0.2, 0.25) is 0 Å². The largest absolute Gasteiger partial charge is 0.254 e. The molecule has 2 aromatic heterocycles. The van der Waals surface area contributed by atoms with Crippen LogP contribution in [0, 0.1) is 6.92 Å². The van der Waals surface area contributed by atoms with Crippen molar-refractivity contribution in [3.05, 3.63) is 59.7 Å². The highest BCUT2D eigenvalue weighted by atomic mass is 32.2. The summed E-state index contributed by atoms with van der Waals surface area (Å²) in [5.74, 6) is 1.70. The van der Waals surface area contributed by atoms with Crippen molar-refractivity contribution in [2.24, 2.45) is 0 Å². The maximum absolute atomic E-state index is 4.54. The summed E-state index contributed by atoms with van der Waals surface area (Å²) in [4.78, 5) is 4.54. The van der Waals surface area contributed by atoms with Crippen LogP contribution in [-0.4, -0.2) is 19.6 Å². The number of hydrogen-bond acceptors (Lipinski definition) is 3. The number of benzene rings is 2. The van der Waals surface area contributed by atoms with Crippen LogP contribution >= 0.6 is 11.8 Å². The predicted octanol–water partition coefficient (Wildman–Crippen LogP) is 3.81. The average molecular weight is 294 g/mol. The van der Waals surface area contributed by atoms with Gasteiger partial charge < -0.3 is 0 Å². The zero-order valence-electron chi connectivity index (χ0n) is 11.6. The average Bonchev–Trinajstić information content (AvgIpc) is 3.05. The number of hydrogen-bond donors (Lipinski definition) is 1. The van der Waals surface area contributed by atoms with E-state index in [0.717, 1.165) is 27.7 Å². The number of rotatable bonds is 3. The highest BCUT2D eigenvalue weighted by molar-refractivity contribution is 7.98. The monoisotopic (exact) mass is 294 g/mol. The highest BCUT2D eigenvalue weighted by Crippen LogP contribution is 2.26. The van der Waals surface area contributed by atoms with Gasteiger partial charge in [0.15, 0.2) is 5.16 Å². The van der Waals surface area contributed by atoms with E-state index in [9.17, 15) is 0 Å². The molecule has 0 aliphatic rings. The molecular weight excluding hydrogens is 280 g/mol. The minimum Gasteiger partial charge on any atom is -0.254 e. The lowest BCUT2D eigenvalue weighted by Gasteiger charge is -2.03. The first-order valence-corrected chi connectivity index (χ1v) is 7.80. The molecule has 0 spiro atoms. The molecule has 0 radical (unpaired) electrons. The van der Waals surface area contributed by atoms with Gasteiger partial charge in [-0.05, 0) is 30.2 Å². The molecule has 0 amide bonds. The van der Waals surface area contributed by atoms with E-state index in [2.05, 4.69) is 56.8 Å². The summed E-state index contributed by atoms with van der Waals surface area (Å²) in [6.45, 7) is 2.14. The molecule has 4 nitrogen and oxygen atoms in total. The zero-order valence-corrected chi connectivity index (χ0v) is 12.4. The first kappa shape index (κ1) is 12.5. The molecule has 0 bridgehead atoms. The van der Waals surface area contributed by atoms with Crippen LogP contribution in [-0.2, 0) is 5.75 Å². The Labute approximate surface area is 126 Å². The van der Waals surface area contributed by atoms with Crippen molar-refractivity contribution in [1.29, 1.82) is 0 Å². The maximum Gasteiger partial charge on any atom is 0.231 e. The van der Waals surface area contributed by atoms with Gasteiger partial charge in [-0.1, -0.05) is 48.2 Å². The second-order valence-corrected chi connectivity index (χ2v) is 5.92. The van der Waals surface area contributed by atoms with Gasteiger partial charge in [0.1, 0.15) is 0 Å². The van der Waals surface area contributed by atoms with Gasteiger partial charge in [0.25, 0.3) is 0 Å². The van der Waals surface area contributed by atoms with Gasteiger partial charge in [-0.15, -0.1) is 5.10 Å². The second kappa shape index (κ2) is 4.93. The summed E-state index contributed by atoms with van der Waals surface area (Å²) in [5, 5.41) is 8.34. The van der Waals surface area contributed by atoms with E-state index in [4.69, 9.17) is 0 Å². The molecule has 0 aliphatic carbocycles. The molecule has 4 rings (SSSR count). The standard InChI is InChI=1S/C16H14N4S/c1-11-6-2-3-7-12(11)10-21-16-19-18-15-17-13-8-4-5-9-14(13)20(15)16/h2-9H,10H2,1H3,(H,17,18). The Morgan fingerprint density at radius 2 is 1.90 bits per heavy atom. The number of aromatic nitrogens is 4. The van der Waals surface area contributed by atoms with E-state index in [1.54, 1.807) is 11.8 Å². The van der Waals surface area contributed by atoms with Crippen LogP contribution in [0.5, 0.6) is 0 Å². The molecule has 4 aromatic rings. The van der Waals surface area contributed by atoms with Gasteiger partial charge in [0.05, 0.1) is 11.0 Å². The summed E-state index contributed by atoms with van der Waals surface area (Å²) >= 11 is 1.72. The topological polar surface area (TPSA) is 46.0 Å². The van der Waals surface area contributed by atoms with Crippen LogP contribution in [0.25, 0.3) is 16.8 Å². The fourth-order valence-electron chi connectivity index (χ4n) is 2.45. The SMILES string of the molecule is Cc1ccccc1CSc1n[nH]c2nc3ccccc3n12. The first-order valence-electron chi connectivity index (χ1n) is 6.82. The minimum atomic E-state index is 0.795. The molecule has 0 unspecified atom stereocenters. The Morgan fingerprint density at radius 1 is 1.10 bits per heavy atom. The molecule has 0 fully saturated rings.